The molecule has 0 spiro atoms. The smallest absolute Gasteiger partial charge is 0.124 e. The number of hydrazine groups is 1. The molecule has 2 aromatic rings. The van der Waals surface area contributed by atoms with Crippen molar-refractivity contribution < 1.29 is 8.78 Å². The van der Waals surface area contributed by atoms with Crippen molar-refractivity contribution in [2.75, 3.05) is 0 Å². The van der Waals surface area contributed by atoms with Crippen LogP contribution in [0.15, 0.2) is 40.9 Å². The second-order valence-electron chi connectivity index (χ2n) is 4.66. The van der Waals surface area contributed by atoms with Gasteiger partial charge in [0.15, 0.2) is 0 Å². The van der Waals surface area contributed by atoms with Crippen LogP contribution in [0.4, 0.5) is 8.78 Å². The van der Waals surface area contributed by atoms with E-state index in [1.165, 1.54) is 24.3 Å². The molecule has 0 aliphatic heterocycles. The molecule has 2 nitrogen and oxygen atoms in total. The third kappa shape index (κ3) is 3.42. The molecule has 5 heteroatoms. The zero-order chi connectivity index (χ0) is 14.7. The van der Waals surface area contributed by atoms with Gasteiger partial charge in [0.2, 0.25) is 0 Å². The fourth-order valence-electron chi connectivity index (χ4n) is 2.15. The van der Waals surface area contributed by atoms with Crippen molar-refractivity contribution in [3.63, 3.8) is 0 Å². The first kappa shape index (κ1) is 15.1. The molecule has 20 heavy (non-hydrogen) atoms. The molecule has 0 aliphatic rings. The first-order valence-electron chi connectivity index (χ1n) is 6.17. The highest BCUT2D eigenvalue weighted by molar-refractivity contribution is 9.10. The summed E-state index contributed by atoms with van der Waals surface area (Å²) < 4.78 is 27.1. The van der Waals surface area contributed by atoms with Crippen molar-refractivity contribution in [2.45, 2.75) is 19.4 Å². The van der Waals surface area contributed by atoms with E-state index in [2.05, 4.69) is 21.4 Å². The van der Waals surface area contributed by atoms with E-state index in [4.69, 9.17) is 5.84 Å². The molecule has 1 unspecified atom stereocenters. The summed E-state index contributed by atoms with van der Waals surface area (Å²) in [5.41, 5.74) is 5.34. The Morgan fingerprint density at radius 1 is 1.15 bits per heavy atom. The third-order valence-corrected chi connectivity index (χ3v) is 4.00. The first-order chi connectivity index (χ1) is 9.51. The van der Waals surface area contributed by atoms with E-state index >= 15 is 0 Å². The lowest BCUT2D eigenvalue weighted by Gasteiger charge is -2.19. The Bertz CT molecular complexity index is 617. The van der Waals surface area contributed by atoms with Crippen molar-refractivity contribution in [1.82, 2.24) is 5.43 Å². The summed E-state index contributed by atoms with van der Waals surface area (Å²) in [6.07, 6.45) is 0.529. The highest BCUT2D eigenvalue weighted by Crippen LogP contribution is 2.26. The molecule has 0 heterocycles. The average molecular weight is 341 g/mol. The number of rotatable bonds is 4. The van der Waals surface area contributed by atoms with Gasteiger partial charge in [0.05, 0.1) is 6.04 Å². The third-order valence-electron chi connectivity index (χ3n) is 3.26. The predicted octanol–water partition coefficient (Wildman–Crippen LogP) is 3.78. The molecule has 0 saturated carbocycles. The number of nitrogens with one attached hydrogen (secondary N) is 1. The maximum atomic E-state index is 13.4. The summed E-state index contributed by atoms with van der Waals surface area (Å²) >= 11 is 3.33. The maximum absolute atomic E-state index is 13.4. The monoisotopic (exact) mass is 340 g/mol. The highest BCUT2D eigenvalue weighted by Gasteiger charge is 2.15. The minimum Gasteiger partial charge on any atom is -0.271 e. The Morgan fingerprint density at radius 3 is 2.45 bits per heavy atom. The van der Waals surface area contributed by atoms with E-state index in [9.17, 15) is 8.78 Å². The van der Waals surface area contributed by atoms with Crippen molar-refractivity contribution in [1.29, 1.82) is 0 Å². The van der Waals surface area contributed by atoms with Crippen molar-refractivity contribution in [2.24, 2.45) is 5.84 Å². The van der Waals surface area contributed by atoms with Gasteiger partial charge in [-0.15, -0.1) is 0 Å². The van der Waals surface area contributed by atoms with Crippen LogP contribution < -0.4 is 11.3 Å². The van der Waals surface area contributed by atoms with Gasteiger partial charge < -0.3 is 0 Å². The molecule has 0 amide bonds. The second-order valence-corrected chi connectivity index (χ2v) is 5.51. The number of nitrogens with two attached hydrogens (primary N) is 1. The lowest BCUT2D eigenvalue weighted by molar-refractivity contribution is 0.540. The van der Waals surface area contributed by atoms with E-state index in [1.807, 2.05) is 6.92 Å². The Balaban J connectivity index is 2.31. The number of hydrogen-bond acceptors (Lipinski definition) is 2. The molecule has 0 aromatic heterocycles. The topological polar surface area (TPSA) is 38.0 Å². The molecule has 1 atom stereocenters. The van der Waals surface area contributed by atoms with Gasteiger partial charge in [0, 0.05) is 4.47 Å². The molecule has 3 N–H and O–H groups in total. The maximum Gasteiger partial charge on any atom is 0.124 e. The second kappa shape index (κ2) is 6.43. The molecular weight excluding hydrogens is 326 g/mol. The van der Waals surface area contributed by atoms with Crippen LogP contribution in [-0.2, 0) is 6.42 Å². The van der Waals surface area contributed by atoms with Gasteiger partial charge in [-0.1, -0.05) is 28.1 Å². The van der Waals surface area contributed by atoms with E-state index in [0.29, 0.717) is 10.9 Å². The van der Waals surface area contributed by atoms with E-state index < -0.39 is 0 Å². The van der Waals surface area contributed by atoms with Crippen LogP contribution in [0.3, 0.4) is 0 Å². The normalized spacial score (nSPS) is 12.4. The van der Waals surface area contributed by atoms with Gasteiger partial charge in [-0.05, 0) is 54.3 Å². The van der Waals surface area contributed by atoms with Crippen LogP contribution in [0, 0.1) is 18.6 Å². The molecule has 0 aliphatic carbocycles. The number of aryl methyl sites for hydroxylation is 1. The summed E-state index contributed by atoms with van der Waals surface area (Å²) in [7, 11) is 0. The zero-order valence-corrected chi connectivity index (χ0v) is 12.5. The Kier molecular flexibility index (Phi) is 4.86. The van der Waals surface area contributed by atoms with Crippen LogP contribution in [0.25, 0.3) is 0 Å². The van der Waals surface area contributed by atoms with Crippen LogP contribution in [0.2, 0.25) is 0 Å². The minimum atomic E-state index is -0.306. The zero-order valence-electron chi connectivity index (χ0n) is 11.0. The van der Waals surface area contributed by atoms with Crippen LogP contribution in [-0.4, -0.2) is 0 Å². The Morgan fingerprint density at radius 2 is 1.80 bits per heavy atom. The Labute approximate surface area is 125 Å². The predicted molar refractivity (Wildman–Crippen MR) is 79.0 cm³/mol. The molecular formula is C15H15BrF2N2. The quantitative estimate of drug-likeness (QED) is 0.656. The molecule has 106 valence electrons. The van der Waals surface area contributed by atoms with E-state index in [-0.39, 0.29) is 17.7 Å². The standard InChI is InChI=1S/C15H15BrF2N2/c1-9-2-4-11(17)7-13(9)15(20-19)6-10-3-5-12(18)8-14(10)16/h2-5,7-8,15,20H,6,19H2,1H3. The molecule has 2 aromatic carbocycles. The van der Waals surface area contributed by atoms with Crippen LogP contribution in [0.5, 0.6) is 0 Å². The largest absolute Gasteiger partial charge is 0.271 e. The first-order valence-corrected chi connectivity index (χ1v) is 6.96. The Hall–Kier alpha value is -1.30. The van der Waals surface area contributed by atoms with Crippen molar-refractivity contribution in [3.05, 3.63) is 69.2 Å². The van der Waals surface area contributed by atoms with Gasteiger partial charge in [-0.3, -0.25) is 11.3 Å². The molecule has 0 fully saturated rings. The molecule has 0 saturated heterocycles. The fourth-order valence-corrected chi connectivity index (χ4v) is 2.67. The van der Waals surface area contributed by atoms with Gasteiger partial charge in [0.1, 0.15) is 11.6 Å². The lowest BCUT2D eigenvalue weighted by atomic mass is 9.95. The summed E-state index contributed by atoms with van der Waals surface area (Å²) in [5, 5.41) is 0. The van der Waals surface area contributed by atoms with Crippen molar-refractivity contribution >= 4 is 15.9 Å². The lowest BCUT2D eigenvalue weighted by Crippen LogP contribution is -2.30. The van der Waals surface area contributed by atoms with Crippen molar-refractivity contribution in [3.8, 4) is 0 Å². The number of halogens is 3. The van der Waals surface area contributed by atoms with Gasteiger partial charge in [0.25, 0.3) is 0 Å². The summed E-state index contributed by atoms with van der Waals surface area (Å²) in [5.74, 6) is 4.98. The fraction of sp³-hybridized carbons (Fsp3) is 0.200. The van der Waals surface area contributed by atoms with E-state index in [0.717, 1.165) is 16.7 Å². The number of benzene rings is 2. The summed E-state index contributed by atoms with van der Waals surface area (Å²) in [6, 6.07) is 8.85. The van der Waals surface area contributed by atoms with Gasteiger partial charge >= 0.3 is 0 Å². The summed E-state index contributed by atoms with van der Waals surface area (Å²) in [4.78, 5) is 0. The van der Waals surface area contributed by atoms with Gasteiger partial charge in [-0.25, -0.2) is 8.78 Å². The summed E-state index contributed by atoms with van der Waals surface area (Å²) in [6.45, 7) is 1.90. The van der Waals surface area contributed by atoms with Crippen LogP contribution >= 0.6 is 15.9 Å². The average Bonchev–Trinajstić information content (AvgIpc) is 2.41. The minimum absolute atomic E-state index is 0.243. The van der Waals surface area contributed by atoms with Gasteiger partial charge in [-0.2, -0.15) is 0 Å². The molecule has 0 radical (unpaired) electrons. The molecule has 0 bridgehead atoms. The molecule has 2 rings (SSSR count). The number of hydrogen-bond donors (Lipinski definition) is 2. The highest BCUT2D eigenvalue weighted by atomic mass is 79.9. The van der Waals surface area contributed by atoms with Crippen LogP contribution in [0.1, 0.15) is 22.7 Å². The SMILES string of the molecule is Cc1ccc(F)cc1C(Cc1ccc(F)cc1Br)NN. The van der Waals surface area contributed by atoms with E-state index in [1.54, 1.807) is 12.1 Å².